The molecule has 0 spiro atoms. The third-order valence-electron chi connectivity index (χ3n) is 8.27. The maximum absolute atomic E-state index is 13.5. The first-order chi connectivity index (χ1) is 23.4. The van der Waals surface area contributed by atoms with Crippen molar-refractivity contribution < 1.29 is 28.4 Å². The zero-order valence-electron chi connectivity index (χ0n) is 28.1. The lowest BCUT2D eigenvalue weighted by Gasteiger charge is -2.25. The number of nitrogens with zero attached hydrogens (tertiary/aromatic N) is 5. The van der Waals surface area contributed by atoms with Crippen molar-refractivity contribution in [3.05, 3.63) is 86.8 Å². The molecule has 3 N–H and O–H groups in total. The molecule has 0 aliphatic carbocycles. The van der Waals surface area contributed by atoms with Crippen molar-refractivity contribution in [2.24, 2.45) is 5.92 Å². The van der Waals surface area contributed by atoms with Gasteiger partial charge in [0, 0.05) is 43.5 Å². The maximum Gasteiger partial charge on any atom is 0.273 e. The molecule has 0 saturated heterocycles. The van der Waals surface area contributed by atoms with Crippen molar-refractivity contribution in [1.82, 2.24) is 40.6 Å². The van der Waals surface area contributed by atoms with Crippen LogP contribution < -0.4 is 16.0 Å². The minimum absolute atomic E-state index is 0.000527. The summed E-state index contributed by atoms with van der Waals surface area (Å²) in [6.45, 7) is 8.85. The van der Waals surface area contributed by atoms with Crippen LogP contribution in [0, 0.1) is 19.8 Å². The van der Waals surface area contributed by atoms with Gasteiger partial charge in [0.15, 0.2) is 11.5 Å². The number of benzene rings is 1. The molecular weight excluding hydrogens is 648 g/mol. The zero-order chi connectivity index (χ0) is 35.2. The van der Waals surface area contributed by atoms with Gasteiger partial charge in [-0.05, 0) is 32.3 Å². The van der Waals surface area contributed by atoms with Gasteiger partial charge < -0.3 is 25.3 Å². The Morgan fingerprint density at radius 3 is 2.49 bits per heavy atom. The standard InChI is InChI=1S/C34H40N8O6S/c1-19(2)30-34-38-26(18-49-34)32(47)36-24(15-23-9-7-6-8-10-23)33-37-25(17-48-33)31(46)35-12-14-41(16-27(44)39-30)28(45)11-13-42-21(4)29(22(5)43)20(3)40-42/h6-10,17-19,24,30H,11-16H2,1-5H3,(H,35,46)(H,36,47)(H,39,44)/t24-,30-/m0/s1. The highest BCUT2D eigenvalue weighted by Crippen LogP contribution is 2.26. The number of fused-ring (bicyclic) bond motifs is 4. The number of aryl methyl sites for hydroxylation is 2. The fourth-order valence-corrected chi connectivity index (χ4v) is 6.77. The highest BCUT2D eigenvalue weighted by atomic mass is 32.1. The van der Waals surface area contributed by atoms with E-state index in [1.807, 2.05) is 44.2 Å². The van der Waals surface area contributed by atoms with E-state index in [4.69, 9.17) is 4.42 Å². The molecule has 4 aromatic rings. The van der Waals surface area contributed by atoms with E-state index < -0.39 is 29.8 Å². The van der Waals surface area contributed by atoms with Crippen molar-refractivity contribution in [3.63, 3.8) is 0 Å². The van der Waals surface area contributed by atoms with Gasteiger partial charge in [-0.2, -0.15) is 5.10 Å². The average Bonchev–Trinajstić information content (AvgIpc) is 3.81. The second-order valence-electron chi connectivity index (χ2n) is 12.3. The first-order valence-electron chi connectivity index (χ1n) is 16.1. The van der Waals surface area contributed by atoms with Crippen LogP contribution in [0.1, 0.15) is 98.5 Å². The number of Topliss-reactive ketones (excluding diaryl/α,β-unsaturated/α-hetero) is 1. The third-order valence-corrected chi connectivity index (χ3v) is 9.20. The van der Waals surface area contributed by atoms with Crippen LogP contribution in [0.2, 0.25) is 0 Å². The number of nitrogens with one attached hydrogen (secondary N) is 3. The fourth-order valence-electron chi connectivity index (χ4n) is 5.75. The van der Waals surface area contributed by atoms with Gasteiger partial charge in [-0.3, -0.25) is 28.7 Å². The van der Waals surface area contributed by atoms with E-state index in [1.165, 1.54) is 29.4 Å². The number of hydrogen-bond acceptors (Lipinski definition) is 10. The van der Waals surface area contributed by atoms with Gasteiger partial charge in [0.2, 0.25) is 17.7 Å². The van der Waals surface area contributed by atoms with Crippen molar-refractivity contribution in [3.8, 4) is 0 Å². The number of amides is 4. The Morgan fingerprint density at radius 2 is 1.80 bits per heavy atom. The lowest BCUT2D eigenvalue weighted by Crippen LogP contribution is -2.45. The molecule has 1 aliphatic rings. The molecule has 4 bridgehead atoms. The van der Waals surface area contributed by atoms with Gasteiger partial charge in [0.25, 0.3) is 11.8 Å². The van der Waals surface area contributed by atoms with Gasteiger partial charge in [0.05, 0.1) is 23.8 Å². The fraction of sp³-hybridized carbons (Fsp3) is 0.412. The molecule has 4 heterocycles. The van der Waals surface area contributed by atoms with E-state index >= 15 is 0 Å². The first-order valence-corrected chi connectivity index (χ1v) is 16.9. The summed E-state index contributed by atoms with van der Waals surface area (Å²) in [6, 6.07) is 8.26. The Balaban J connectivity index is 1.40. The van der Waals surface area contributed by atoms with Crippen LogP contribution in [0.3, 0.4) is 0 Å². The summed E-state index contributed by atoms with van der Waals surface area (Å²) >= 11 is 1.25. The predicted molar refractivity (Wildman–Crippen MR) is 180 cm³/mol. The van der Waals surface area contributed by atoms with Crippen molar-refractivity contribution in [2.45, 2.75) is 66.1 Å². The van der Waals surface area contributed by atoms with Gasteiger partial charge in [-0.25, -0.2) is 9.97 Å². The van der Waals surface area contributed by atoms with E-state index in [0.717, 1.165) is 5.56 Å². The molecule has 1 aromatic carbocycles. The Kier molecular flexibility index (Phi) is 11.0. The molecule has 0 fully saturated rings. The number of carbonyl (C=O) groups is 5. The summed E-state index contributed by atoms with van der Waals surface area (Å²) in [4.78, 5) is 75.9. The largest absolute Gasteiger partial charge is 0.446 e. The van der Waals surface area contributed by atoms with Crippen LogP contribution in [0.25, 0.3) is 0 Å². The van der Waals surface area contributed by atoms with E-state index in [2.05, 4.69) is 31.0 Å². The van der Waals surface area contributed by atoms with Gasteiger partial charge in [0.1, 0.15) is 23.0 Å². The van der Waals surface area contributed by atoms with Gasteiger partial charge >= 0.3 is 0 Å². The molecular formula is C34H40N8O6S. The van der Waals surface area contributed by atoms with E-state index in [1.54, 1.807) is 23.9 Å². The SMILES string of the molecule is CC(=O)c1c(C)nn(CCC(=O)N2CCNC(=O)c3coc(n3)[C@H](Cc3ccccc3)NC(=O)c3csc(n3)[C@H](C(C)C)NC(=O)C2)c1C. The topological polar surface area (TPSA) is 181 Å². The smallest absolute Gasteiger partial charge is 0.273 e. The predicted octanol–water partition coefficient (Wildman–Crippen LogP) is 3.34. The lowest BCUT2D eigenvalue weighted by molar-refractivity contribution is -0.136. The van der Waals surface area contributed by atoms with Crippen LogP contribution in [0.4, 0.5) is 0 Å². The van der Waals surface area contributed by atoms with Crippen molar-refractivity contribution in [1.29, 1.82) is 0 Å². The minimum Gasteiger partial charge on any atom is -0.446 e. The van der Waals surface area contributed by atoms with Crippen LogP contribution in [0.5, 0.6) is 0 Å². The van der Waals surface area contributed by atoms with E-state index in [0.29, 0.717) is 28.4 Å². The molecule has 1 aliphatic heterocycles. The quantitative estimate of drug-likeness (QED) is 0.245. The molecule has 0 unspecified atom stereocenters. The number of carbonyl (C=O) groups excluding carboxylic acids is 5. The van der Waals surface area contributed by atoms with E-state index in [9.17, 15) is 24.0 Å². The van der Waals surface area contributed by atoms with Crippen molar-refractivity contribution >= 4 is 40.7 Å². The zero-order valence-corrected chi connectivity index (χ0v) is 28.9. The van der Waals surface area contributed by atoms with Crippen molar-refractivity contribution in [2.75, 3.05) is 19.6 Å². The summed E-state index contributed by atoms with van der Waals surface area (Å²) in [5.74, 6) is -1.80. The summed E-state index contributed by atoms with van der Waals surface area (Å²) in [5, 5.41) is 15.3. The molecule has 4 amide bonds. The Bertz CT molecular complexity index is 1850. The van der Waals surface area contributed by atoms with Crippen LogP contribution in [-0.2, 0) is 22.6 Å². The number of hydrogen-bond donors (Lipinski definition) is 3. The highest BCUT2D eigenvalue weighted by Gasteiger charge is 2.28. The van der Waals surface area contributed by atoms with Crippen LogP contribution in [-0.4, -0.2) is 73.7 Å². The van der Waals surface area contributed by atoms with Gasteiger partial charge in [-0.1, -0.05) is 44.2 Å². The second kappa shape index (κ2) is 15.4. The number of ketones is 1. The molecule has 49 heavy (non-hydrogen) atoms. The summed E-state index contributed by atoms with van der Waals surface area (Å²) < 4.78 is 7.32. The maximum atomic E-state index is 13.5. The number of rotatable bonds is 7. The molecule has 2 atom stereocenters. The molecule has 258 valence electrons. The molecule has 3 aromatic heterocycles. The average molecular weight is 689 g/mol. The summed E-state index contributed by atoms with van der Waals surface area (Å²) in [5.41, 5.74) is 2.86. The molecule has 5 rings (SSSR count). The number of thiazole rings is 1. The highest BCUT2D eigenvalue weighted by molar-refractivity contribution is 7.09. The number of oxazole rings is 1. The monoisotopic (exact) mass is 688 g/mol. The molecule has 15 heteroatoms. The summed E-state index contributed by atoms with van der Waals surface area (Å²) in [6.07, 6.45) is 1.58. The minimum atomic E-state index is -0.706. The summed E-state index contributed by atoms with van der Waals surface area (Å²) in [7, 11) is 0. The van der Waals surface area contributed by atoms with Crippen LogP contribution >= 0.6 is 11.3 Å². The number of aromatic nitrogens is 4. The van der Waals surface area contributed by atoms with Crippen LogP contribution in [0.15, 0.2) is 46.4 Å². The molecule has 14 nitrogen and oxygen atoms in total. The first kappa shape index (κ1) is 35.1. The Morgan fingerprint density at radius 1 is 1.04 bits per heavy atom. The van der Waals surface area contributed by atoms with Gasteiger partial charge in [-0.15, -0.1) is 11.3 Å². The second-order valence-corrected chi connectivity index (χ2v) is 13.2. The Labute approximate surface area is 287 Å². The normalized spacial score (nSPS) is 17.6. The molecule has 0 radical (unpaired) electrons. The lowest BCUT2D eigenvalue weighted by atomic mass is 10.0. The van der Waals surface area contributed by atoms with E-state index in [-0.39, 0.29) is 67.5 Å². The molecule has 0 saturated carbocycles. The Hall–Kier alpha value is -5.18. The third kappa shape index (κ3) is 8.46.